The van der Waals surface area contributed by atoms with Gasteiger partial charge in [0.2, 0.25) is 23.6 Å². The zero-order valence-corrected chi connectivity index (χ0v) is 26.0. The number of carbonyl (C=O) groups excluding carboxylic acids is 4. The number of hydrogen-bond donors (Lipinski definition) is 7. The molecule has 0 aromatic carbocycles. The van der Waals surface area contributed by atoms with Crippen LogP contribution in [0.5, 0.6) is 0 Å². The third kappa shape index (κ3) is 17.9. The Hall–Kier alpha value is -3.79. The molecule has 2 unspecified atom stereocenters. The Kier molecular flexibility index (Phi) is 19.8. The lowest BCUT2D eigenvalue weighted by Crippen LogP contribution is -2.58. The van der Waals surface area contributed by atoms with Crippen molar-refractivity contribution in [2.24, 2.45) is 5.73 Å². The molecule has 16 heteroatoms. The Labute approximate surface area is 263 Å². The molecule has 0 aromatic heterocycles. The van der Waals surface area contributed by atoms with Gasteiger partial charge >= 0.3 is 17.9 Å². The number of carbonyl (C=O) groups is 7. The van der Waals surface area contributed by atoms with Gasteiger partial charge in [0.15, 0.2) is 0 Å². The standard InChI is InChI=1S/C29H50N6O10/c30-14-4-3-7-21(31-16-6-9-25(38)39)28(44)34-17-19-35(20-18-34)29(45)22(33-24(37)11-13-27(42)43)8-2-1-5-15-32-23(36)10-12-26(40)41/h21-22,31H,1-20,30H2,(H,32,36)(H,33,37)(H,38,39)(H,40,41)(H,42,43). The second-order valence-electron chi connectivity index (χ2n) is 11.0. The fourth-order valence-electron chi connectivity index (χ4n) is 4.84. The van der Waals surface area contributed by atoms with Gasteiger partial charge in [0.25, 0.3) is 0 Å². The summed E-state index contributed by atoms with van der Waals surface area (Å²) in [5.74, 6) is -4.43. The van der Waals surface area contributed by atoms with E-state index in [4.69, 9.17) is 21.1 Å². The second-order valence-corrected chi connectivity index (χ2v) is 11.0. The lowest BCUT2D eigenvalue weighted by Gasteiger charge is -2.38. The highest BCUT2D eigenvalue weighted by atomic mass is 16.4. The molecule has 45 heavy (non-hydrogen) atoms. The van der Waals surface area contributed by atoms with Gasteiger partial charge in [-0.15, -0.1) is 0 Å². The highest BCUT2D eigenvalue weighted by Gasteiger charge is 2.32. The number of carboxylic acid groups (broad SMARTS) is 3. The van der Waals surface area contributed by atoms with Crippen molar-refractivity contribution >= 4 is 41.5 Å². The van der Waals surface area contributed by atoms with Gasteiger partial charge in [-0.3, -0.25) is 33.6 Å². The third-order valence-corrected chi connectivity index (χ3v) is 7.36. The van der Waals surface area contributed by atoms with Gasteiger partial charge in [0.1, 0.15) is 6.04 Å². The van der Waals surface area contributed by atoms with Crippen molar-refractivity contribution in [3.8, 4) is 0 Å². The van der Waals surface area contributed by atoms with Crippen molar-refractivity contribution in [2.45, 2.75) is 95.6 Å². The summed E-state index contributed by atoms with van der Waals surface area (Å²) in [5.41, 5.74) is 5.60. The van der Waals surface area contributed by atoms with E-state index >= 15 is 0 Å². The largest absolute Gasteiger partial charge is 0.481 e. The molecule has 0 saturated carbocycles. The van der Waals surface area contributed by atoms with E-state index in [0.717, 1.165) is 12.8 Å². The molecule has 1 heterocycles. The Morgan fingerprint density at radius 1 is 0.578 bits per heavy atom. The second kappa shape index (κ2) is 22.7. The number of nitrogens with two attached hydrogens (primary N) is 1. The number of nitrogens with one attached hydrogen (secondary N) is 3. The number of aliphatic carboxylic acids is 3. The maximum atomic E-state index is 13.4. The van der Waals surface area contributed by atoms with Crippen molar-refractivity contribution in [1.29, 1.82) is 0 Å². The first-order valence-corrected chi connectivity index (χ1v) is 15.7. The van der Waals surface area contributed by atoms with E-state index in [1.54, 1.807) is 9.80 Å². The highest BCUT2D eigenvalue weighted by molar-refractivity contribution is 5.89. The SMILES string of the molecule is NCCCCC(NCCCC(=O)O)C(=O)N1CCN(C(=O)C(CCCCCNC(=O)CCC(=O)O)NC(=O)CCC(=O)O)CC1. The Morgan fingerprint density at radius 3 is 1.64 bits per heavy atom. The van der Waals surface area contributed by atoms with Crippen LogP contribution in [0, 0.1) is 0 Å². The molecule has 0 aliphatic carbocycles. The van der Waals surface area contributed by atoms with Crippen molar-refractivity contribution in [2.75, 3.05) is 45.8 Å². The maximum Gasteiger partial charge on any atom is 0.303 e. The van der Waals surface area contributed by atoms with Crippen molar-refractivity contribution in [3.63, 3.8) is 0 Å². The third-order valence-electron chi connectivity index (χ3n) is 7.36. The number of amides is 4. The maximum absolute atomic E-state index is 13.4. The van der Waals surface area contributed by atoms with E-state index in [0.29, 0.717) is 58.2 Å². The van der Waals surface area contributed by atoms with Gasteiger partial charge in [-0.05, 0) is 45.2 Å². The van der Waals surface area contributed by atoms with Crippen LogP contribution >= 0.6 is 0 Å². The molecule has 1 aliphatic rings. The van der Waals surface area contributed by atoms with E-state index in [-0.39, 0.29) is 76.0 Å². The smallest absolute Gasteiger partial charge is 0.303 e. The minimum atomic E-state index is -1.13. The molecule has 0 bridgehead atoms. The molecular formula is C29H50N6O10. The lowest BCUT2D eigenvalue weighted by atomic mass is 10.0. The molecule has 1 fully saturated rings. The summed E-state index contributed by atoms with van der Waals surface area (Å²) in [4.78, 5) is 86.3. The van der Waals surface area contributed by atoms with Crippen LogP contribution in [-0.4, -0.2) is 125 Å². The number of carboxylic acids is 3. The van der Waals surface area contributed by atoms with Crippen molar-refractivity contribution < 1.29 is 48.9 Å². The van der Waals surface area contributed by atoms with E-state index in [2.05, 4.69) is 16.0 Å². The quantitative estimate of drug-likeness (QED) is 0.0659. The van der Waals surface area contributed by atoms with Gasteiger partial charge < -0.3 is 46.8 Å². The molecule has 4 amide bonds. The van der Waals surface area contributed by atoms with Crippen LogP contribution in [-0.2, 0) is 33.6 Å². The summed E-state index contributed by atoms with van der Waals surface area (Å²) in [6.45, 7) is 2.31. The monoisotopic (exact) mass is 642 g/mol. The van der Waals surface area contributed by atoms with Gasteiger partial charge in [-0.25, -0.2) is 0 Å². The van der Waals surface area contributed by atoms with Crippen molar-refractivity contribution in [1.82, 2.24) is 25.8 Å². The summed E-state index contributed by atoms with van der Waals surface area (Å²) in [6.07, 6.45) is 3.48. The number of hydrogen-bond acceptors (Lipinski definition) is 9. The first kappa shape index (κ1) is 39.2. The fraction of sp³-hybridized carbons (Fsp3) is 0.759. The Balaban J connectivity index is 2.69. The zero-order valence-electron chi connectivity index (χ0n) is 26.0. The predicted octanol–water partition coefficient (Wildman–Crippen LogP) is -0.500. The summed E-state index contributed by atoms with van der Waals surface area (Å²) in [6, 6.07) is -1.37. The van der Waals surface area contributed by atoms with Gasteiger partial charge in [-0.1, -0.05) is 19.3 Å². The molecule has 0 spiro atoms. The molecule has 1 saturated heterocycles. The molecule has 0 radical (unpaired) electrons. The van der Waals surface area contributed by atoms with E-state index in [1.807, 2.05) is 0 Å². The first-order chi connectivity index (χ1) is 21.4. The van der Waals surface area contributed by atoms with Gasteiger partial charge in [0.05, 0.1) is 18.9 Å². The number of rotatable bonds is 24. The Morgan fingerprint density at radius 2 is 1.09 bits per heavy atom. The average molecular weight is 643 g/mol. The Bertz CT molecular complexity index is 987. The topological polar surface area (TPSA) is 249 Å². The summed E-state index contributed by atoms with van der Waals surface area (Å²) in [7, 11) is 0. The molecule has 8 N–H and O–H groups in total. The minimum Gasteiger partial charge on any atom is -0.481 e. The minimum absolute atomic E-state index is 0.00330. The van der Waals surface area contributed by atoms with Crippen LogP contribution in [0.15, 0.2) is 0 Å². The van der Waals surface area contributed by atoms with Crippen LogP contribution in [0.25, 0.3) is 0 Å². The first-order valence-electron chi connectivity index (χ1n) is 15.7. The van der Waals surface area contributed by atoms with Crippen LogP contribution in [0.1, 0.15) is 83.5 Å². The van der Waals surface area contributed by atoms with E-state index in [1.165, 1.54) is 0 Å². The predicted molar refractivity (Wildman–Crippen MR) is 162 cm³/mol. The normalized spacial score (nSPS) is 14.3. The van der Waals surface area contributed by atoms with E-state index in [9.17, 15) is 33.6 Å². The van der Waals surface area contributed by atoms with Crippen molar-refractivity contribution in [3.05, 3.63) is 0 Å². The number of piperazine rings is 1. The highest BCUT2D eigenvalue weighted by Crippen LogP contribution is 2.13. The van der Waals surface area contributed by atoms with Gasteiger partial charge in [-0.2, -0.15) is 0 Å². The number of unbranched alkanes of at least 4 members (excludes halogenated alkanes) is 3. The van der Waals surface area contributed by atoms with Crippen LogP contribution in [0.4, 0.5) is 0 Å². The summed E-state index contributed by atoms with van der Waals surface area (Å²) >= 11 is 0. The summed E-state index contributed by atoms with van der Waals surface area (Å²) in [5, 5.41) is 34.9. The fourth-order valence-corrected chi connectivity index (χ4v) is 4.84. The molecule has 16 nitrogen and oxygen atoms in total. The molecule has 1 rings (SSSR count). The zero-order chi connectivity index (χ0) is 33.6. The lowest BCUT2D eigenvalue weighted by molar-refractivity contribution is -0.143. The molecule has 0 aromatic rings. The van der Waals surface area contributed by atoms with Crippen LogP contribution in [0.2, 0.25) is 0 Å². The summed E-state index contributed by atoms with van der Waals surface area (Å²) < 4.78 is 0. The molecule has 256 valence electrons. The number of nitrogens with zero attached hydrogens (tertiary/aromatic N) is 2. The molecule has 2 atom stereocenters. The molecule has 1 aliphatic heterocycles. The van der Waals surface area contributed by atoms with Crippen LogP contribution < -0.4 is 21.7 Å². The molecular weight excluding hydrogens is 592 g/mol. The van der Waals surface area contributed by atoms with Gasteiger partial charge in [0, 0.05) is 52.0 Å². The van der Waals surface area contributed by atoms with Crippen LogP contribution in [0.3, 0.4) is 0 Å². The average Bonchev–Trinajstić information content (AvgIpc) is 3.00. The van der Waals surface area contributed by atoms with E-state index < -0.39 is 35.9 Å².